The lowest BCUT2D eigenvalue weighted by Gasteiger charge is -2.34. The first-order chi connectivity index (χ1) is 20.9. The van der Waals surface area contributed by atoms with Crippen LogP contribution in [-0.2, 0) is 32.6 Å². The van der Waals surface area contributed by atoms with E-state index in [1.165, 1.54) is 17.0 Å². The smallest absolute Gasteiger partial charge is 0.264 e. The lowest BCUT2D eigenvalue weighted by molar-refractivity contribution is -0.140. The molecule has 0 radical (unpaired) electrons. The third-order valence-electron chi connectivity index (χ3n) is 6.97. The van der Waals surface area contributed by atoms with Crippen molar-refractivity contribution in [3.05, 3.63) is 130 Å². The van der Waals surface area contributed by atoms with E-state index in [2.05, 4.69) is 5.32 Å². The molecule has 0 fully saturated rings. The van der Waals surface area contributed by atoms with Crippen LogP contribution in [0.1, 0.15) is 30.5 Å². The SMILES string of the molecule is Cc1ccc(S(=O)(=O)N(CC(=O)N(Cc2ccc(Cl)cc2)[C@@H](Cc2ccccc2)C(=O)NC(C)C)c2ccc(Cl)cc2)cc1. The molecular formula is C34H35Cl2N3O4S. The van der Waals surface area contributed by atoms with Crippen LogP contribution in [0.25, 0.3) is 0 Å². The van der Waals surface area contributed by atoms with Crippen LogP contribution in [-0.4, -0.2) is 43.8 Å². The molecule has 1 N–H and O–H groups in total. The van der Waals surface area contributed by atoms with Crippen LogP contribution in [0.3, 0.4) is 0 Å². The molecule has 0 aliphatic carbocycles. The van der Waals surface area contributed by atoms with E-state index in [1.807, 2.05) is 51.1 Å². The van der Waals surface area contributed by atoms with Crippen LogP contribution in [0.5, 0.6) is 0 Å². The van der Waals surface area contributed by atoms with E-state index < -0.39 is 28.5 Å². The summed E-state index contributed by atoms with van der Waals surface area (Å²) in [4.78, 5) is 29.6. The summed E-state index contributed by atoms with van der Waals surface area (Å²) < 4.78 is 29.2. The van der Waals surface area contributed by atoms with Gasteiger partial charge in [-0.1, -0.05) is 83.4 Å². The van der Waals surface area contributed by atoms with Gasteiger partial charge in [0.05, 0.1) is 10.6 Å². The van der Waals surface area contributed by atoms with Gasteiger partial charge in [0, 0.05) is 29.1 Å². The number of nitrogens with one attached hydrogen (secondary N) is 1. The quantitative estimate of drug-likeness (QED) is 0.186. The minimum Gasteiger partial charge on any atom is -0.352 e. The number of nitrogens with zero attached hydrogens (tertiary/aromatic N) is 2. The lowest BCUT2D eigenvalue weighted by Crippen LogP contribution is -2.54. The van der Waals surface area contributed by atoms with Crippen molar-refractivity contribution in [3.8, 4) is 0 Å². The van der Waals surface area contributed by atoms with Gasteiger partial charge in [-0.25, -0.2) is 8.42 Å². The third kappa shape index (κ3) is 8.62. The highest BCUT2D eigenvalue weighted by atomic mass is 35.5. The number of sulfonamides is 1. The highest BCUT2D eigenvalue weighted by molar-refractivity contribution is 7.92. The Morgan fingerprint density at radius 1 is 0.773 bits per heavy atom. The van der Waals surface area contributed by atoms with Crippen LogP contribution < -0.4 is 9.62 Å². The number of carbonyl (C=O) groups excluding carboxylic acids is 2. The van der Waals surface area contributed by atoms with Crippen molar-refractivity contribution in [3.63, 3.8) is 0 Å². The van der Waals surface area contributed by atoms with Crippen molar-refractivity contribution >= 4 is 50.7 Å². The van der Waals surface area contributed by atoms with Crippen LogP contribution >= 0.6 is 23.2 Å². The van der Waals surface area contributed by atoms with Crippen molar-refractivity contribution in [1.29, 1.82) is 0 Å². The van der Waals surface area contributed by atoms with E-state index in [0.29, 0.717) is 10.0 Å². The summed E-state index contributed by atoms with van der Waals surface area (Å²) in [5, 5.41) is 3.90. The fourth-order valence-corrected chi connectivity index (χ4v) is 6.36. The molecule has 0 saturated heterocycles. The summed E-state index contributed by atoms with van der Waals surface area (Å²) in [6.45, 7) is 5.06. The van der Waals surface area contributed by atoms with Gasteiger partial charge in [-0.3, -0.25) is 13.9 Å². The highest BCUT2D eigenvalue weighted by Crippen LogP contribution is 2.27. The lowest BCUT2D eigenvalue weighted by atomic mass is 10.0. The summed E-state index contributed by atoms with van der Waals surface area (Å²) in [6, 6.07) is 27.9. The van der Waals surface area contributed by atoms with Gasteiger partial charge >= 0.3 is 0 Å². The standard InChI is InChI=1S/C34H35Cl2N3O4S/c1-24(2)37-34(41)32(21-26-7-5-4-6-8-26)38(22-27-11-13-28(35)14-12-27)33(40)23-39(30-17-15-29(36)16-18-30)44(42,43)31-19-9-25(3)10-20-31/h4-20,24,32H,21-23H2,1-3H3,(H,37,41)/t32-/m0/s1. The molecule has 0 saturated carbocycles. The fourth-order valence-electron chi connectivity index (χ4n) is 4.69. The second-order valence-corrected chi connectivity index (χ2v) is 13.6. The highest BCUT2D eigenvalue weighted by Gasteiger charge is 2.34. The normalized spacial score (nSPS) is 12.0. The molecule has 0 spiro atoms. The zero-order valence-corrected chi connectivity index (χ0v) is 27.1. The van der Waals surface area contributed by atoms with E-state index in [0.717, 1.165) is 21.0 Å². The fraction of sp³-hybridized carbons (Fsp3) is 0.235. The average molecular weight is 653 g/mol. The van der Waals surface area contributed by atoms with Gasteiger partial charge in [0.2, 0.25) is 11.8 Å². The Labute approximate surface area is 269 Å². The number of amides is 2. The Hall–Kier alpha value is -3.85. The van der Waals surface area contributed by atoms with Crippen molar-refractivity contribution < 1.29 is 18.0 Å². The van der Waals surface area contributed by atoms with Crippen molar-refractivity contribution in [2.45, 2.75) is 50.7 Å². The van der Waals surface area contributed by atoms with E-state index in [4.69, 9.17) is 23.2 Å². The molecule has 10 heteroatoms. The molecule has 0 aliphatic rings. The van der Waals surface area contributed by atoms with Crippen molar-refractivity contribution in [1.82, 2.24) is 10.2 Å². The van der Waals surface area contributed by atoms with Gasteiger partial charge < -0.3 is 10.2 Å². The second-order valence-electron chi connectivity index (χ2n) is 10.8. The Morgan fingerprint density at radius 3 is 1.91 bits per heavy atom. The average Bonchev–Trinajstić information content (AvgIpc) is 2.99. The van der Waals surface area contributed by atoms with Crippen LogP contribution in [0, 0.1) is 6.92 Å². The number of halogens is 2. The first-order valence-corrected chi connectivity index (χ1v) is 16.4. The first kappa shape index (κ1) is 33.1. The molecule has 4 aromatic carbocycles. The summed E-state index contributed by atoms with van der Waals surface area (Å²) in [7, 11) is -4.19. The van der Waals surface area contributed by atoms with E-state index in [-0.39, 0.29) is 35.5 Å². The number of hydrogen-bond acceptors (Lipinski definition) is 4. The molecule has 44 heavy (non-hydrogen) atoms. The molecule has 0 aliphatic heterocycles. The molecule has 2 amide bonds. The van der Waals surface area contributed by atoms with Gasteiger partial charge in [-0.2, -0.15) is 0 Å². The van der Waals surface area contributed by atoms with Crippen LogP contribution in [0.4, 0.5) is 5.69 Å². The van der Waals surface area contributed by atoms with Gasteiger partial charge in [0.15, 0.2) is 0 Å². The maximum Gasteiger partial charge on any atom is 0.264 e. The van der Waals surface area contributed by atoms with Crippen LogP contribution in [0.2, 0.25) is 10.0 Å². The maximum absolute atomic E-state index is 14.4. The number of benzene rings is 4. The monoisotopic (exact) mass is 651 g/mol. The molecule has 4 aromatic rings. The number of rotatable bonds is 12. The predicted molar refractivity (Wildman–Crippen MR) is 176 cm³/mol. The Morgan fingerprint density at radius 2 is 1.34 bits per heavy atom. The van der Waals surface area contributed by atoms with Gasteiger partial charge in [0.25, 0.3) is 10.0 Å². The Kier molecular flexibility index (Phi) is 11.1. The second kappa shape index (κ2) is 14.8. The summed E-state index contributed by atoms with van der Waals surface area (Å²) in [5.74, 6) is -0.893. The number of anilines is 1. The molecular weight excluding hydrogens is 617 g/mol. The maximum atomic E-state index is 14.4. The van der Waals surface area contributed by atoms with Gasteiger partial charge in [0.1, 0.15) is 12.6 Å². The van der Waals surface area contributed by atoms with Gasteiger partial charge in [-0.15, -0.1) is 0 Å². The topological polar surface area (TPSA) is 86.8 Å². The summed E-state index contributed by atoms with van der Waals surface area (Å²) in [5.41, 5.74) is 2.75. The summed E-state index contributed by atoms with van der Waals surface area (Å²) in [6.07, 6.45) is 0.227. The zero-order valence-electron chi connectivity index (χ0n) is 24.8. The number of hydrogen-bond donors (Lipinski definition) is 1. The number of carbonyl (C=O) groups is 2. The summed E-state index contributed by atoms with van der Waals surface area (Å²) >= 11 is 12.2. The van der Waals surface area contributed by atoms with Crippen molar-refractivity contribution in [2.75, 3.05) is 10.8 Å². The molecule has 0 aromatic heterocycles. The predicted octanol–water partition coefficient (Wildman–Crippen LogP) is 6.66. The van der Waals surface area contributed by atoms with Gasteiger partial charge in [-0.05, 0) is 80.4 Å². The number of aryl methyl sites for hydroxylation is 1. The first-order valence-electron chi connectivity index (χ1n) is 14.2. The van der Waals surface area contributed by atoms with E-state index >= 15 is 0 Å². The Balaban J connectivity index is 1.79. The molecule has 4 rings (SSSR count). The molecule has 7 nitrogen and oxygen atoms in total. The molecule has 230 valence electrons. The molecule has 0 heterocycles. The minimum atomic E-state index is -4.19. The van der Waals surface area contributed by atoms with E-state index in [9.17, 15) is 18.0 Å². The minimum absolute atomic E-state index is 0.0356. The Bertz CT molecular complexity index is 1660. The third-order valence-corrected chi connectivity index (χ3v) is 9.26. The molecule has 0 bridgehead atoms. The van der Waals surface area contributed by atoms with Crippen molar-refractivity contribution in [2.24, 2.45) is 0 Å². The molecule has 0 unspecified atom stereocenters. The van der Waals surface area contributed by atoms with Crippen LogP contribution in [0.15, 0.2) is 108 Å². The molecule has 1 atom stereocenters. The van der Waals surface area contributed by atoms with E-state index in [1.54, 1.807) is 60.7 Å². The zero-order chi connectivity index (χ0) is 31.9. The largest absolute Gasteiger partial charge is 0.352 e.